The molecule has 2 amide bonds. The first-order chi connectivity index (χ1) is 13.0. The number of hydrogen-bond donors (Lipinski definition) is 2. The van der Waals surface area contributed by atoms with Gasteiger partial charge >= 0.3 is 5.97 Å². The fraction of sp³-hybridized carbons (Fsp3) is 0.158. The second kappa shape index (κ2) is 7.93. The van der Waals surface area contributed by atoms with Crippen LogP contribution in [0.4, 0.5) is 11.4 Å². The number of esters is 1. The van der Waals surface area contributed by atoms with E-state index in [9.17, 15) is 14.4 Å². The predicted molar refractivity (Wildman–Crippen MR) is 100 cm³/mol. The Bertz CT molecular complexity index is 968. The standard InChI is InChI=1S/C19H15N3O4S/c1-11(18(24)21-14-4-2-3-12(7-14)9-20)26-19(25)13-5-6-16-15(8-13)22-17(23)10-27-16/h2-8,11H,10H2,1H3,(H,21,24)(H,22,23)/t11-/m1/s1. The largest absolute Gasteiger partial charge is 0.449 e. The van der Waals surface area contributed by atoms with Crippen molar-refractivity contribution in [3.63, 3.8) is 0 Å². The quantitative estimate of drug-likeness (QED) is 0.789. The highest BCUT2D eigenvalue weighted by atomic mass is 32.2. The summed E-state index contributed by atoms with van der Waals surface area (Å²) in [7, 11) is 0. The number of hydrogen-bond acceptors (Lipinski definition) is 6. The monoisotopic (exact) mass is 381 g/mol. The van der Waals surface area contributed by atoms with Gasteiger partial charge in [-0.1, -0.05) is 6.07 Å². The molecule has 0 saturated carbocycles. The fourth-order valence-electron chi connectivity index (χ4n) is 2.40. The fourth-order valence-corrected chi connectivity index (χ4v) is 3.19. The summed E-state index contributed by atoms with van der Waals surface area (Å²) < 4.78 is 5.21. The number of anilines is 2. The summed E-state index contributed by atoms with van der Waals surface area (Å²) in [6.45, 7) is 1.46. The third-order valence-electron chi connectivity index (χ3n) is 3.76. The predicted octanol–water partition coefficient (Wildman–Crippen LogP) is 2.79. The van der Waals surface area contributed by atoms with E-state index in [1.165, 1.54) is 30.8 Å². The minimum atomic E-state index is -1.04. The van der Waals surface area contributed by atoms with Crippen LogP contribution >= 0.6 is 11.8 Å². The van der Waals surface area contributed by atoms with Crippen molar-refractivity contribution < 1.29 is 19.1 Å². The summed E-state index contributed by atoms with van der Waals surface area (Å²) in [4.78, 5) is 36.9. The average molecular weight is 381 g/mol. The Morgan fingerprint density at radius 1 is 1.30 bits per heavy atom. The highest BCUT2D eigenvalue weighted by Gasteiger charge is 2.22. The van der Waals surface area contributed by atoms with Crippen molar-refractivity contribution in [3.8, 4) is 6.07 Å². The van der Waals surface area contributed by atoms with E-state index >= 15 is 0 Å². The summed E-state index contributed by atoms with van der Waals surface area (Å²) in [5.74, 6) is -0.984. The van der Waals surface area contributed by atoms with E-state index in [-0.39, 0.29) is 11.5 Å². The van der Waals surface area contributed by atoms with E-state index < -0.39 is 18.0 Å². The number of fused-ring (bicyclic) bond motifs is 1. The van der Waals surface area contributed by atoms with E-state index in [1.807, 2.05) is 6.07 Å². The molecular weight excluding hydrogens is 366 g/mol. The SMILES string of the molecule is C[C@@H](OC(=O)c1ccc2c(c1)NC(=O)CS2)C(=O)Nc1cccc(C#N)c1. The van der Waals surface area contributed by atoms with Gasteiger partial charge in [-0.25, -0.2) is 4.79 Å². The van der Waals surface area contributed by atoms with Crippen LogP contribution < -0.4 is 10.6 Å². The summed E-state index contributed by atoms with van der Waals surface area (Å²) in [6, 6.07) is 13.3. The van der Waals surface area contributed by atoms with Crippen LogP contribution in [0.2, 0.25) is 0 Å². The molecule has 8 heteroatoms. The topological polar surface area (TPSA) is 108 Å². The summed E-state index contributed by atoms with van der Waals surface area (Å²) in [6.07, 6.45) is -1.04. The van der Waals surface area contributed by atoms with Crippen molar-refractivity contribution in [2.45, 2.75) is 17.9 Å². The van der Waals surface area contributed by atoms with Gasteiger partial charge in [-0.3, -0.25) is 9.59 Å². The van der Waals surface area contributed by atoms with Crippen LogP contribution in [0.1, 0.15) is 22.8 Å². The Hall–Kier alpha value is -3.31. The highest BCUT2D eigenvalue weighted by Crippen LogP contribution is 2.32. The average Bonchev–Trinajstić information content (AvgIpc) is 2.67. The third kappa shape index (κ3) is 4.46. The third-order valence-corrected chi connectivity index (χ3v) is 4.83. The van der Waals surface area contributed by atoms with E-state index in [4.69, 9.17) is 10.00 Å². The van der Waals surface area contributed by atoms with E-state index in [1.54, 1.807) is 30.3 Å². The summed E-state index contributed by atoms with van der Waals surface area (Å²) in [5, 5.41) is 14.2. The highest BCUT2D eigenvalue weighted by molar-refractivity contribution is 8.00. The molecule has 0 unspecified atom stereocenters. The number of carbonyl (C=O) groups excluding carboxylic acids is 3. The maximum atomic E-state index is 12.3. The van der Waals surface area contributed by atoms with Crippen LogP contribution in [0.5, 0.6) is 0 Å². The van der Waals surface area contributed by atoms with Crippen molar-refractivity contribution in [1.29, 1.82) is 5.26 Å². The van der Waals surface area contributed by atoms with E-state index in [0.29, 0.717) is 22.7 Å². The van der Waals surface area contributed by atoms with Crippen molar-refractivity contribution in [2.75, 3.05) is 16.4 Å². The van der Waals surface area contributed by atoms with Gasteiger partial charge in [-0.15, -0.1) is 11.8 Å². The molecule has 0 aliphatic carbocycles. The van der Waals surface area contributed by atoms with Crippen LogP contribution in [-0.4, -0.2) is 29.6 Å². The van der Waals surface area contributed by atoms with Gasteiger partial charge < -0.3 is 15.4 Å². The zero-order valence-corrected chi connectivity index (χ0v) is 15.1. The molecule has 2 N–H and O–H groups in total. The first-order valence-corrected chi connectivity index (χ1v) is 9.03. The molecule has 0 bridgehead atoms. The van der Waals surface area contributed by atoms with Crippen molar-refractivity contribution in [2.24, 2.45) is 0 Å². The van der Waals surface area contributed by atoms with Gasteiger partial charge in [0.05, 0.1) is 28.6 Å². The number of nitriles is 1. The minimum Gasteiger partial charge on any atom is -0.449 e. The molecule has 2 aromatic rings. The minimum absolute atomic E-state index is 0.134. The molecule has 7 nitrogen and oxygen atoms in total. The Balaban J connectivity index is 1.65. The Morgan fingerprint density at radius 2 is 2.11 bits per heavy atom. The van der Waals surface area contributed by atoms with Gasteiger partial charge in [-0.2, -0.15) is 5.26 Å². The lowest BCUT2D eigenvalue weighted by Gasteiger charge is -2.17. The molecule has 136 valence electrons. The molecule has 0 radical (unpaired) electrons. The van der Waals surface area contributed by atoms with Crippen LogP contribution in [-0.2, 0) is 14.3 Å². The van der Waals surface area contributed by atoms with Gasteiger partial charge in [-0.05, 0) is 43.3 Å². The number of amides is 2. The normalized spacial score (nSPS) is 13.6. The molecule has 27 heavy (non-hydrogen) atoms. The number of thioether (sulfide) groups is 1. The lowest BCUT2D eigenvalue weighted by molar-refractivity contribution is -0.123. The van der Waals surface area contributed by atoms with Crippen LogP contribution in [0.3, 0.4) is 0 Å². The molecular formula is C19H15N3O4S. The molecule has 2 aromatic carbocycles. The van der Waals surface area contributed by atoms with Crippen LogP contribution in [0.15, 0.2) is 47.4 Å². The van der Waals surface area contributed by atoms with Crippen LogP contribution in [0.25, 0.3) is 0 Å². The van der Waals surface area contributed by atoms with E-state index in [2.05, 4.69) is 10.6 Å². The molecule has 1 heterocycles. The van der Waals surface area contributed by atoms with Crippen LogP contribution in [0, 0.1) is 11.3 Å². The number of nitrogens with zero attached hydrogens (tertiary/aromatic N) is 1. The number of benzene rings is 2. The zero-order chi connectivity index (χ0) is 19.4. The van der Waals surface area contributed by atoms with Crippen molar-refractivity contribution >= 4 is 40.9 Å². The Morgan fingerprint density at radius 3 is 2.89 bits per heavy atom. The Labute approximate surface area is 159 Å². The van der Waals surface area contributed by atoms with Crippen molar-refractivity contribution in [3.05, 3.63) is 53.6 Å². The summed E-state index contributed by atoms with van der Waals surface area (Å²) >= 11 is 1.39. The van der Waals surface area contributed by atoms with Gasteiger partial charge in [0.25, 0.3) is 5.91 Å². The number of carbonyl (C=O) groups is 3. The molecule has 0 saturated heterocycles. The maximum Gasteiger partial charge on any atom is 0.338 e. The lowest BCUT2D eigenvalue weighted by Crippen LogP contribution is -2.30. The van der Waals surface area contributed by atoms with E-state index in [0.717, 1.165) is 4.90 Å². The summed E-state index contributed by atoms with van der Waals surface area (Å²) in [5.41, 5.74) is 1.64. The smallest absolute Gasteiger partial charge is 0.338 e. The van der Waals surface area contributed by atoms with Gasteiger partial charge in [0.1, 0.15) is 0 Å². The number of rotatable bonds is 4. The molecule has 1 aliphatic rings. The van der Waals surface area contributed by atoms with Gasteiger partial charge in [0.15, 0.2) is 6.10 Å². The Kier molecular flexibility index (Phi) is 5.43. The number of ether oxygens (including phenoxy) is 1. The molecule has 1 aliphatic heterocycles. The second-order valence-electron chi connectivity index (χ2n) is 5.78. The molecule has 3 rings (SSSR count). The zero-order valence-electron chi connectivity index (χ0n) is 14.3. The van der Waals surface area contributed by atoms with Crippen molar-refractivity contribution in [1.82, 2.24) is 0 Å². The first kappa shape index (κ1) is 18.5. The molecule has 0 spiro atoms. The second-order valence-corrected chi connectivity index (χ2v) is 6.79. The molecule has 0 fully saturated rings. The first-order valence-electron chi connectivity index (χ1n) is 8.05. The lowest BCUT2D eigenvalue weighted by atomic mass is 10.2. The number of nitrogens with one attached hydrogen (secondary N) is 2. The van der Waals surface area contributed by atoms with Gasteiger partial charge in [0.2, 0.25) is 5.91 Å². The molecule has 0 aromatic heterocycles. The molecule has 1 atom stereocenters. The maximum absolute atomic E-state index is 12.3. The van der Waals surface area contributed by atoms with Gasteiger partial charge in [0, 0.05) is 10.6 Å².